The Balaban J connectivity index is 2.26. The fourth-order valence-electron chi connectivity index (χ4n) is 2.25. The van der Waals surface area contributed by atoms with Crippen molar-refractivity contribution in [1.82, 2.24) is 10.6 Å². The fourth-order valence-corrected chi connectivity index (χ4v) is 2.52. The van der Waals surface area contributed by atoms with Crippen LogP contribution in [0.2, 0.25) is 0 Å². The quantitative estimate of drug-likeness (QED) is 0.498. The van der Waals surface area contributed by atoms with Crippen molar-refractivity contribution >= 4 is 23.3 Å². The van der Waals surface area contributed by atoms with Gasteiger partial charge in [0.1, 0.15) is 0 Å². The standard InChI is InChI=1S/C16H20N2O2S/c1-3-4-10-20-15(19)13-11(2)17-16(21)18-14(13)12-8-6-5-7-9-12/h5-9,14H,3-4,10H2,1-2H3,(H2,17,18,21). The zero-order valence-electron chi connectivity index (χ0n) is 12.3. The van der Waals surface area contributed by atoms with E-state index in [1.54, 1.807) is 0 Å². The molecule has 0 bridgehead atoms. The van der Waals surface area contributed by atoms with Gasteiger partial charge in [0.25, 0.3) is 0 Å². The molecule has 0 radical (unpaired) electrons. The van der Waals surface area contributed by atoms with Crippen LogP contribution in [0.15, 0.2) is 41.6 Å². The van der Waals surface area contributed by atoms with Crippen LogP contribution in [-0.2, 0) is 9.53 Å². The van der Waals surface area contributed by atoms with Crippen LogP contribution in [0.3, 0.4) is 0 Å². The average molecular weight is 304 g/mol. The van der Waals surface area contributed by atoms with E-state index in [0.29, 0.717) is 17.3 Å². The third-order valence-corrected chi connectivity index (χ3v) is 3.57. The number of hydrogen-bond donors (Lipinski definition) is 2. The zero-order valence-corrected chi connectivity index (χ0v) is 13.1. The molecule has 0 saturated heterocycles. The van der Waals surface area contributed by atoms with Crippen LogP contribution < -0.4 is 10.6 Å². The number of nitrogens with one attached hydrogen (secondary N) is 2. The largest absolute Gasteiger partial charge is 0.462 e. The van der Waals surface area contributed by atoms with Gasteiger partial charge in [-0.15, -0.1) is 0 Å². The van der Waals surface area contributed by atoms with Gasteiger partial charge in [-0.05, 0) is 31.1 Å². The Labute approximate surface area is 130 Å². The number of hydrogen-bond acceptors (Lipinski definition) is 3. The molecule has 1 atom stereocenters. The number of carbonyl (C=O) groups is 1. The lowest BCUT2D eigenvalue weighted by molar-refractivity contribution is -0.139. The van der Waals surface area contributed by atoms with Crippen molar-refractivity contribution < 1.29 is 9.53 Å². The molecule has 1 heterocycles. The van der Waals surface area contributed by atoms with E-state index in [-0.39, 0.29) is 12.0 Å². The molecular weight excluding hydrogens is 284 g/mol. The van der Waals surface area contributed by atoms with Crippen molar-refractivity contribution in [2.45, 2.75) is 32.7 Å². The van der Waals surface area contributed by atoms with Crippen molar-refractivity contribution in [3.05, 3.63) is 47.2 Å². The SMILES string of the molecule is CCCCOC(=O)C1=C(C)NC(=S)NC1c1ccccc1. The predicted octanol–water partition coefficient (Wildman–Crippen LogP) is 2.82. The second-order valence-electron chi connectivity index (χ2n) is 4.97. The number of rotatable bonds is 5. The minimum atomic E-state index is -0.294. The summed E-state index contributed by atoms with van der Waals surface area (Å²) < 4.78 is 5.36. The van der Waals surface area contributed by atoms with Gasteiger partial charge in [0.2, 0.25) is 0 Å². The molecule has 5 heteroatoms. The maximum atomic E-state index is 12.4. The van der Waals surface area contributed by atoms with Crippen LogP contribution in [0.5, 0.6) is 0 Å². The van der Waals surface area contributed by atoms with Gasteiger partial charge in [0.15, 0.2) is 5.11 Å². The summed E-state index contributed by atoms with van der Waals surface area (Å²) in [6, 6.07) is 9.50. The molecule has 1 aromatic carbocycles. The summed E-state index contributed by atoms with van der Waals surface area (Å²) in [5.74, 6) is -0.294. The molecule has 1 aliphatic rings. The zero-order chi connectivity index (χ0) is 15.2. The van der Waals surface area contributed by atoms with Gasteiger partial charge < -0.3 is 15.4 Å². The van der Waals surface area contributed by atoms with Gasteiger partial charge >= 0.3 is 5.97 Å². The first-order valence-electron chi connectivity index (χ1n) is 7.13. The third kappa shape index (κ3) is 3.82. The molecule has 2 N–H and O–H groups in total. The molecule has 0 fully saturated rings. The number of carbonyl (C=O) groups excluding carboxylic acids is 1. The second-order valence-corrected chi connectivity index (χ2v) is 5.38. The summed E-state index contributed by atoms with van der Waals surface area (Å²) in [5.41, 5.74) is 2.32. The molecular formula is C16H20N2O2S. The van der Waals surface area contributed by atoms with E-state index in [1.165, 1.54) is 0 Å². The first kappa shape index (κ1) is 15.5. The van der Waals surface area contributed by atoms with Crippen molar-refractivity contribution in [1.29, 1.82) is 0 Å². The van der Waals surface area contributed by atoms with Crippen molar-refractivity contribution in [3.63, 3.8) is 0 Å². The number of unbranched alkanes of at least 4 members (excludes halogenated alkanes) is 1. The minimum Gasteiger partial charge on any atom is -0.462 e. The summed E-state index contributed by atoms with van der Waals surface area (Å²) in [4.78, 5) is 12.4. The molecule has 1 unspecified atom stereocenters. The summed E-state index contributed by atoms with van der Waals surface area (Å²) in [7, 11) is 0. The Morgan fingerprint density at radius 2 is 2.05 bits per heavy atom. The second kappa shape index (κ2) is 7.22. The highest BCUT2D eigenvalue weighted by Gasteiger charge is 2.30. The molecule has 0 saturated carbocycles. The predicted molar refractivity (Wildman–Crippen MR) is 86.6 cm³/mol. The van der Waals surface area contributed by atoms with Gasteiger partial charge in [-0.2, -0.15) is 0 Å². The lowest BCUT2D eigenvalue weighted by atomic mass is 9.96. The van der Waals surface area contributed by atoms with E-state index >= 15 is 0 Å². The molecule has 4 nitrogen and oxygen atoms in total. The molecule has 0 spiro atoms. The molecule has 21 heavy (non-hydrogen) atoms. The van der Waals surface area contributed by atoms with Crippen molar-refractivity contribution in [2.75, 3.05) is 6.61 Å². The van der Waals surface area contributed by atoms with Gasteiger partial charge in [-0.3, -0.25) is 0 Å². The number of thiocarbonyl (C=S) groups is 1. The minimum absolute atomic E-state index is 0.269. The summed E-state index contributed by atoms with van der Waals surface area (Å²) >= 11 is 5.20. The highest BCUT2D eigenvalue weighted by atomic mass is 32.1. The monoisotopic (exact) mass is 304 g/mol. The van der Waals surface area contributed by atoms with Gasteiger partial charge in [0, 0.05) is 5.70 Å². The van der Waals surface area contributed by atoms with Crippen molar-refractivity contribution in [3.8, 4) is 0 Å². The van der Waals surface area contributed by atoms with Crippen LogP contribution in [0.1, 0.15) is 38.3 Å². The Hall–Kier alpha value is -1.88. The fraction of sp³-hybridized carbons (Fsp3) is 0.375. The summed E-state index contributed by atoms with van der Waals surface area (Å²) in [6.07, 6.45) is 1.86. The van der Waals surface area contributed by atoms with E-state index < -0.39 is 0 Å². The normalized spacial score (nSPS) is 18.0. The van der Waals surface area contributed by atoms with Crippen LogP contribution in [-0.4, -0.2) is 17.7 Å². The molecule has 112 valence electrons. The van der Waals surface area contributed by atoms with E-state index in [4.69, 9.17) is 17.0 Å². The first-order chi connectivity index (χ1) is 10.1. The smallest absolute Gasteiger partial charge is 0.338 e. The molecule has 1 aromatic rings. The number of allylic oxidation sites excluding steroid dienone is 1. The molecule has 0 aliphatic carbocycles. The van der Waals surface area contributed by atoms with E-state index in [9.17, 15) is 4.79 Å². The topological polar surface area (TPSA) is 50.4 Å². The third-order valence-electron chi connectivity index (χ3n) is 3.35. The van der Waals surface area contributed by atoms with Gasteiger partial charge in [-0.25, -0.2) is 4.79 Å². The van der Waals surface area contributed by atoms with Gasteiger partial charge in [0.05, 0.1) is 18.2 Å². The van der Waals surface area contributed by atoms with Crippen LogP contribution in [0, 0.1) is 0 Å². The van der Waals surface area contributed by atoms with Crippen LogP contribution in [0.25, 0.3) is 0 Å². The number of esters is 1. The molecule has 0 amide bonds. The van der Waals surface area contributed by atoms with Crippen LogP contribution >= 0.6 is 12.2 Å². The maximum absolute atomic E-state index is 12.4. The maximum Gasteiger partial charge on any atom is 0.338 e. The Morgan fingerprint density at radius 1 is 1.33 bits per heavy atom. The average Bonchev–Trinajstić information content (AvgIpc) is 2.47. The highest BCUT2D eigenvalue weighted by molar-refractivity contribution is 7.80. The van der Waals surface area contributed by atoms with E-state index in [1.807, 2.05) is 37.3 Å². The molecule has 0 aromatic heterocycles. The Kier molecular flexibility index (Phi) is 5.33. The summed E-state index contributed by atoms with van der Waals surface area (Å²) in [6.45, 7) is 4.35. The number of ether oxygens (including phenoxy) is 1. The summed E-state index contributed by atoms with van der Waals surface area (Å²) in [5, 5.41) is 6.67. The Bertz CT molecular complexity index is 555. The number of benzene rings is 1. The lowest BCUT2D eigenvalue weighted by Gasteiger charge is -2.29. The highest BCUT2D eigenvalue weighted by Crippen LogP contribution is 2.27. The van der Waals surface area contributed by atoms with E-state index in [0.717, 1.165) is 24.1 Å². The molecule has 2 rings (SSSR count). The van der Waals surface area contributed by atoms with Crippen molar-refractivity contribution in [2.24, 2.45) is 0 Å². The Morgan fingerprint density at radius 3 is 2.71 bits per heavy atom. The molecule has 1 aliphatic heterocycles. The lowest BCUT2D eigenvalue weighted by Crippen LogP contribution is -2.45. The van der Waals surface area contributed by atoms with E-state index in [2.05, 4.69) is 17.6 Å². The van der Waals surface area contributed by atoms with Gasteiger partial charge in [-0.1, -0.05) is 43.7 Å². The first-order valence-corrected chi connectivity index (χ1v) is 7.54. The van der Waals surface area contributed by atoms with Crippen LogP contribution in [0.4, 0.5) is 0 Å².